The largest absolute Gasteiger partial charge is 0.455 e. The highest BCUT2D eigenvalue weighted by molar-refractivity contribution is 7.86. The minimum absolute atomic E-state index is 0.243. The molecule has 246 valence electrons. The third kappa shape index (κ3) is 6.34. The van der Waals surface area contributed by atoms with Crippen LogP contribution in [-0.2, 0) is 30.4 Å². The van der Waals surface area contributed by atoms with E-state index in [-0.39, 0.29) is 20.2 Å². The zero-order valence-corrected chi connectivity index (χ0v) is 27.6. The van der Waals surface area contributed by atoms with Gasteiger partial charge in [-0.25, -0.2) is 4.99 Å². The van der Waals surface area contributed by atoms with Crippen LogP contribution in [0.3, 0.4) is 0 Å². The van der Waals surface area contributed by atoms with Crippen molar-refractivity contribution in [1.82, 2.24) is 0 Å². The number of aryl methyl sites for hydroxylation is 1. The molecule has 0 fully saturated rings. The molecule has 15 heteroatoms. The van der Waals surface area contributed by atoms with E-state index in [0.717, 1.165) is 0 Å². The Labute approximate surface area is 275 Å². The van der Waals surface area contributed by atoms with Gasteiger partial charge in [-0.1, -0.05) is 18.2 Å². The van der Waals surface area contributed by atoms with E-state index in [9.17, 15) is 38.9 Å². The lowest BCUT2D eigenvalue weighted by Crippen LogP contribution is -2.71. The van der Waals surface area contributed by atoms with Gasteiger partial charge in [-0.15, -0.1) is 0 Å². The van der Waals surface area contributed by atoms with Gasteiger partial charge in [-0.3, -0.25) is 13.7 Å². The summed E-state index contributed by atoms with van der Waals surface area (Å²) in [5.41, 5.74) is 4.53. The molecule has 0 radical (unpaired) electrons. The van der Waals surface area contributed by atoms with Crippen LogP contribution in [0.15, 0.2) is 116 Å². The van der Waals surface area contributed by atoms with Crippen LogP contribution >= 0.6 is 0 Å². The molecule has 48 heavy (non-hydrogen) atoms. The maximum atomic E-state index is 12.5. The second-order valence-corrected chi connectivity index (χ2v) is 15.2. The summed E-state index contributed by atoms with van der Waals surface area (Å²) in [6, 6.07) is 24.0. The molecular formula is C33H27N2O10S3+. The second kappa shape index (κ2) is 12.0. The average Bonchev–Trinajstić information content (AvgIpc) is 3.02. The lowest BCUT2D eigenvalue weighted by molar-refractivity contribution is -0.402. The first-order valence-corrected chi connectivity index (χ1v) is 18.4. The summed E-state index contributed by atoms with van der Waals surface area (Å²) in [5, 5.41) is 4.35. The molecular weight excluding hydrogens is 681 g/mol. The number of nitrogens with one attached hydrogen (secondary N) is 2. The van der Waals surface area contributed by atoms with Gasteiger partial charge in [0.25, 0.3) is 30.4 Å². The van der Waals surface area contributed by atoms with E-state index >= 15 is 0 Å². The van der Waals surface area contributed by atoms with Crippen LogP contribution in [0.1, 0.15) is 11.1 Å². The van der Waals surface area contributed by atoms with E-state index in [1.165, 1.54) is 60.7 Å². The summed E-state index contributed by atoms with van der Waals surface area (Å²) in [6.45, 7) is 3.58. The fourth-order valence-corrected chi connectivity index (χ4v) is 7.14. The predicted molar refractivity (Wildman–Crippen MR) is 177 cm³/mol. The van der Waals surface area contributed by atoms with Gasteiger partial charge in [0.1, 0.15) is 16.2 Å². The molecule has 0 saturated carbocycles. The zero-order chi connectivity index (χ0) is 34.6. The van der Waals surface area contributed by atoms with E-state index in [1.807, 2.05) is 0 Å². The number of fused-ring (bicyclic) bond motifs is 2. The lowest BCUT2D eigenvalue weighted by Gasteiger charge is -2.20. The molecule has 5 N–H and O–H groups in total. The number of hydrogen-bond acceptors (Lipinski definition) is 8. The van der Waals surface area contributed by atoms with Crippen LogP contribution in [0, 0.1) is 13.8 Å². The van der Waals surface area contributed by atoms with Crippen molar-refractivity contribution in [2.24, 2.45) is 0 Å². The highest BCUT2D eigenvalue weighted by Gasteiger charge is 2.26. The molecule has 4 aromatic carbocycles. The first-order chi connectivity index (χ1) is 22.5. The molecule has 1 aliphatic heterocycles. The van der Waals surface area contributed by atoms with Crippen LogP contribution in [0.4, 0.5) is 17.1 Å². The van der Waals surface area contributed by atoms with Gasteiger partial charge in [0, 0.05) is 57.2 Å². The molecule has 0 spiro atoms. The average molecular weight is 708 g/mol. The monoisotopic (exact) mass is 707 g/mol. The smallest absolute Gasteiger partial charge is 0.295 e. The maximum absolute atomic E-state index is 12.5. The number of anilines is 2. The standard InChI is InChI=1S/C33H26N2O10S3/c1-19-28(34-21-7-11-23(12-8-21)46(36,37)38)17-15-26-31(25-5-3-4-6-30(25)48(42,43)44)27-16-18-29(20(2)33(27)45-32(19)26)35-22-9-13-24(14-10-22)47(39,40)41/h3-18,34H,1-2H3,(H,36,37,38)(H,39,40,41)(H,42,43,44)/p+1. The van der Waals surface area contributed by atoms with Crippen molar-refractivity contribution < 1.29 is 48.3 Å². The third-order valence-corrected chi connectivity index (χ3v) is 10.5. The van der Waals surface area contributed by atoms with Crippen molar-refractivity contribution in [3.63, 3.8) is 0 Å². The Morgan fingerprint density at radius 2 is 1.23 bits per heavy atom. The summed E-state index contributed by atoms with van der Waals surface area (Å²) >= 11 is 0. The molecule has 0 atom stereocenters. The molecule has 0 unspecified atom stereocenters. The normalized spacial score (nSPS) is 12.9. The summed E-state index contributed by atoms with van der Waals surface area (Å²) in [7, 11) is -13.4. The van der Waals surface area contributed by atoms with Crippen LogP contribution in [0.25, 0.3) is 33.4 Å². The Kier molecular flexibility index (Phi) is 8.23. The molecule has 1 heterocycles. The predicted octanol–water partition coefficient (Wildman–Crippen LogP) is 4.62. The Morgan fingerprint density at radius 3 is 1.83 bits per heavy atom. The van der Waals surface area contributed by atoms with Crippen molar-refractivity contribution in [2.45, 2.75) is 28.5 Å². The van der Waals surface area contributed by atoms with Gasteiger partial charge in [-0.05, 0) is 74.5 Å². The van der Waals surface area contributed by atoms with E-state index < -0.39 is 30.4 Å². The summed E-state index contributed by atoms with van der Waals surface area (Å²) < 4.78 is 106. The summed E-state index contributed by atoms with van der Waals surface area (Å²) in [6.07, 6.45) is 0. The van der Waals surface area contributed by atoms with E-state index in [1.54, 1.807) is 50.2 Å². The van der Waals surface area contributed by atoms with Crippen LogP contribution < -0.4 is 15.7 Å². The SMILES string of the molecule is Cc1c2oc3c(C)c(Nc4ccc(S(=O)(=O)O)cc4)ccc3c(-c3ccccc3S(=O)(=O)O)c-2ccc1=[NH+]c1ccc(S(=O)(=O)O)cc1. The first kappa shape index (κ1) is 33.0. The second-order valence-electron chi connectivity index (χ2n) is 10.9. The topological polar surface area (TPSA) is 202 Å². The minimum atomic E-state index is -4.64. The van der Waals surface area contributed by atoms with Crippen molar-refractivity contribution in [3.8, 4) is 22.5 Å². The van der Waals surface area contributed by atoms with Crippen molar-refractivity contribution in [3.05, 3.63) is 114 Å². The van der Waals surface area contributed by atoms with Gasteiger partial charge < -0.3 is 9.73 Å². The van der Waals surface area contributed by atoms with Crippen molar-refractivity contribution in [1.29, 1.82) is 0 Å². The molecule has 1 aliphatic carbocycles. The molecule has 0 saturated heterocycles. The molecule has 6 rings (SSSR count). The minimum Gasteiger partial charge on any atom is -0.455 e. The fraction of sp³-hybridized carbons (Fsp3) is 0.0606. The van der Waals surface area contributed by atoms with Crippen molar-refractivity contribution in [2.75, 3.05) is 5.32 Å². The van der Waals surface area contributed by atoms with Gasteiger partial charge >= 0.3 is 0 Å². The molecule has 0 bridgehead atoms. The summed E-state index contributed by atoms with van der Waals surface area (Å²) in [5.74, 6) is 0.389. The first-order valence-electron chi connectivity index (χ1n) is 14.1. The molecule has 0 amide bonds. The van der Waals surface area contributed by atoms with Crippen molar-refractivity contribution >= 4 is 58.4 Å². The number of benzene rings is 5. The van der Waals surface area contributed by atoms with Gasteiger partial charge in [0.2, 0.25) is 11.0 Å². The van der Waals surface area contributed by atoms with E-state index in [2.05, 4.69) is 10.3 Å². The zero-order valence-electron chi connectivity index (χ0n) is 25.2. The van der Waals surface area contributed by atoms with Crippen LogP contribution in [0.2, 0.25) is 0 Å². The van der Waals surface area contributed by atoms with E-state index in [0.29, 0.717) is 61.4 Å². The Morgan fingerprint density at radius 1 is 0.625 bits per heavy atom. The Balaban J connectivity index is 1.60. The third-order valence-electron chi connectivity index (χ3n) is 7.85. The summed E-state index contributed by atoms with van der Waals surface area (Å²) in [4.78, 5) is 2.39. The quantitative estimate of drug-likeness (QED) is 0.114. The Bertz CT molecular complexity index is 2610. The highest BCUT2D eigenvalue weighted by Crippen LogP contribution is 2.45. The van der Waals surface area contributed by atoms with Gasteiger partial charge in [-0.2, -0.15) is 25.3 Å². The number of rotatable bonds is 7. The molecule has 0 aromatic heterocycles. The lowest BCUT2D eigenvalue weighted by atomic mass is 9.91. The highest BCUT2D eigenvalue weighted by atomic mass is 32.2. The Hall–Kier alpha value is -4.90. The van der Waals surface area contributed by atoms with Crippen LogP contribution in [-0.4, -0.2) is 38.9 Å². The molecule has 12 nitrogen and oxygen atoms in total. The fourth-order valence-electron chi connectivity index (χ4n) is 5.48. The van der Waals surface area contributed by atoms with Gasteiger partial charge in [0.05, 0.1) is 15.4 Å². The van der Waals surface area contributed by atoms with Gasteiger partial charge in [0.15, 0.2) is 0 Å². The van der Waals surface area contributed by atoms with E-state index in [4.69, 9.17) is 4.42 Å². The number of hydrogen-bond donors (Lipinski definition) is 5. The van der Waals surface area contributed by atoms with Crippen LogP contribution in [0.5, 0.6) is 0 Å². The maximum Gasteiger partial charge on any atom is 0.295 e. The molecule has 4 aromatic rings. The molecule has 2 aliphatic rings.